The molecule has 2 aromatic rings. The van der Waals surface area contributed by atoms with E-state index in [-0.39, 0.29) is 6.04 Å². The molecule has 0 saturated carbocycles. The molecule has 0 aliphatic heterocycles. The number of methoxy groups -OCH3 is 1. The molecule has 102 valence electrons. The fourth-order valence-electron chi connectivity index (χ4n) is 2.05. The van der Waals surface area contributed by atoms with E-state index in [1.807, 2.05) is 42.5 Å². The molecule has 20 heavy (non-hydrogen) atoms. The Labute approximate surface area is 119 Å². The van der Waals surface area contributed by atoms with Gasteiger partial charge in [-0.25, -0.2) is 0 Å². The molecule has 2 rings (SSSR count). The van der Waals surface area contributed by atoms with E-state index in [0.717, 1.165) is 17.9 Å². The highest BCUT2D eigenvalue weighted by molar-refractivity contribution is 5.34. The van der Waals surface area contributed by atoms with Crippen molar-refractivity contribution in [3.63, 3.8) is 0 Å². The van der Waals surface area contributed by atoms with Gasteiger partial charge in [-0.15, -0.1) is 0 Å². The summed E-state index contributed by atoms with van der Waals surface area (Å²) in [7, 11) is 1.67. The summed E-state index contributed by atoms with van der Waals surface area (Å²) in [6, 6.07) is 18.0. The van der Waals surface area contributed by atoms with Crippen LogP contribution in [0.3, 0.4) is 0 Å². The van der Waals surface area contributed by atoms with Crippen LogP contribution >= 0.6 is 0 Å². The smallest absolute Gasteiger partial charge is 0.119 e. The molecule has 0 saturated heterocycles. The van der Waals surface area contributed by atoms with Gasteiger partial charge in [0.25, 0.3) is 0 Å². The van der Waals surface area contributed by atoms with Crippen LogP contribution in [0.4, 0.5) is 0 Å². The van der Waals surface area contributed by atoms with E-state index in [1.54, 1.807) is 7.11 Å². The van der Waals surface area contributed by atoms with Crippen molar-refractivity contribution >= 4 is 0 Å². The predicted molar refractivity (Wildman–Crippen MR) is 79.4 cm³/mol. The van der Waals surface area contributed by atoms with Crippen molar-refractivity contribution in [2.75, 3.05) is 7.11 Å². The van der Waals surface area contributed by atoms with Crippen LogP contribution in [0, 0.1) is 11.3 Å². The van der Waals surface area contributed by atoms with Crippen molar-refractivity contribution in [2.45, 2.75) is 19.5 Å². The number of nitrogens with one attached hydrogen (secondary N) is 1. The average molecular weight is 266 g/mol. The lowest BCUT2D eigenvalue weighted by molar-refractivity contribution is 0.414. The third kappa shape index (κ3) is 3.59. The van der Waals surface area contributed by atoms with Crippen molar-refractivity contribution in [1.29, 1.82) is 5.26 Å². The van der Waals surface area contributed by atoms with Gasteiger partial charge in [0, 0.05) is 12.6 Å². The van der Waals surface area contributed by atoms with Gasteiger partial charge in [-0.3, -0.25) is 0 Å². The first kappa shape index (κ1) is 14.1. The first-order chi connectivity index (χ1) is 9.72. The van der Waals surface area contributed by atoms with Crippen LogP contribution in [0.1, 0.15) is 29.7 Å². The third-order valence-corrected chi connectivity index (χ3v) is 3.26. The second-order valence-corrected chi connectivity index (χ2v) is 4.69. The van der Waals surface area contributed by atoms with Crippen LogP contribution in [0.25, 0.3) is 0 Å². The second-order valence-electron chi connectivity index (χ2n) is 4.69. The quantitative estimate of drug-likeness (QED) is 0.902. The molecule has 0 bridgehead atoms. The zero-order valence-corrected chi connectivity index (χ0v) is 11.8. The SMILES string of the molecule is COc1cccc(CNC(C)c2cccc(C#N)c2)c1. The Balaban J connectivity index is 2.00. The number of ether oxygens (including phenoxy) is 1. The van der Waals surface area contributed by atoms with Gasteiger partial charge in [0.2, 0.25) is 0 Å². The third-order valence-electron chi connectivity index (χ3n) is 3.26. The van der Waals surface area contributed by atoms with Crippen molar-refractivity contribution in [1.82, 2.24) is 5.32 Å². The average Bonchev–Trinajstić information content (AvgIpc) is 2.52. The van der Waals surface area contributed by atoms with E-state index in [4.69, 9.17) is 10.00 Å². The minimum atomic E-state index is 0.189. The maximum absolute atomic E-state index is 8.93. The van der Waals surface area contributed by atoms with Crippen LogP contribution in [-0.4, -0.2) is 7.11 Å². The Morgan fingerprint density at radius 3 is 2.75 bits per heavy atom. The van der Waals surface area contributed by atoms with Crippen molar-refractivity contribution in [3.05, 3.63) is 65.2 Å². The van der Waals surface area contributed by atoms with Gasteiger partial charge in [0.05, 0.1) is 18.7 Å². The highest BCUT2D eigenvalue weighted by atomic mass is 16.5. The standard InChI is InChI=1S/C17H18N2O/c1-13(16-7-3-5-14(9-16)11-18)19-12-15-6-4-8-17(10-15)20-2/h3-10,13,19H,12H2,1-2H3. The van der Waals surface area contributed by atoms with Gasteiger partial charge in [-0.2, -0.15) is 5.26 Å². The molecule has 0 aromatic heterocycles. The topological polar surface area (TPSA) is 45.0 Å². The van der Waals surface area contributed by atoms with E-state index >= 15 is 0 Å². The first-order valence-electron chi connectivity index (χ1n) is 6.59. The molecule has 0 fully saturated rings. The lowest BCUT2D eigenvalue weighted by Gasteiger charge is -2.15. The maximum atomic E-state index is 8.93. The Kier molecular flexibility index (Phi) is 4.75. The fraction of sp³-hybridized carbons (Fsp3) is 0.235. The lowest BCUT2D eigenvalue weighted by atomic mass is 10.1. The molecule has 2 aromatic carbocycles. The normalized spacial score (nSPS) is 11.7. The monoisotopic (exact) mass is 266 g/mol. The number of nitrogens with zero attached hydrogens (tertiary/aromatic N) is 1. The van der Waals surface area contributed by atoms with Gasteiger partial charge >= 0.3 is 0 Å². The summed E-state index contributed by atoms with van der Waals surface area (Å²) >= 11 is 0. The minimum Gasteiger partial charge on any atom is -0.497 e. The Morgan fingerprint density at radius 1 is 1.20 bits per heavy atom. The van der Waals surface area contributed by atoms with Crippen LogP contribution in [-0.2, 0) is 6.54 Å². The lowest BCUT2D eigenvalue weighted by Crippen LogP contribution is -2.18. The molecule has 0 amide bonds. The number of rotatable bonds is 5. The molecule has 0 aliphatic rings. The van der Waals surface area contributed by atoms with Crippen LogP contribution < -0.4 is 10.1 Å². The molecular formula is C17H18N2O. The Hall–Kier alpha value is -2.31. The van der Waals surface area contributed by atoms with E-state index in [0.29, 0.717) is 5.56 Å². The summed E-state index contributed by atoms with van der Waals surface area (Å²) in [6.07, 6.45) is 0. The summed E-state index contributed by atoms with van der Waals surface area (Å²) in [5, 5.41) is 12.4. The highest BCUT2D eigenvalue weighted by Crippen LogP contribution is 2.16. The van der Waals surface area contributed by atoms with Gasteiger partial charge in [0.15, 0.2) is 0 Å². The van der Waals surface area contributed by atoms with Crippen LogP contribution in [0.2, 0.25) is 0 Å². The number of nitriles is 1. The predicted octanol–water partition coefficient (Wildman–Crippen LogP) is 3.42. The van der Waals surface area contributed by atoms with Crippen molar-refractivity contribution in [3.8, 4) is 11.8 Å². The summed E-state index contributed by atoms with van der Waals surface area (Å²) in [4.78, 5) is 0. The van der Waals surface area contributed by atoms with Crippen molar-refractivity contribution < 1.29 is 4.74 Å². The summed E-state index contributed by atoms with van der Waals surface area (Å²) in [5.74, 6) is 0.864. The molecule has 0 spiro atoms. The van der Waals surface area contributed by atoms with Crippen LogP contribution in [0.15, 0.2) is 48.5 Å². The first-order valence-corrected chi connectivity index (χ1v) is 6.59. The largest absolute Gasteiger partial charge is 0.497 e. The molecule has 3 heteroatoms. The molecule has 0 radical (unpaired) electrons. The van der Waals surface area contributed by atoms with Gasteiger partial charge in [0.1, 0.15) is 5.75 Å². The Bertz CT molecular complexity index is 616. The molecule has 1 atom stereocenters. The maximum Gasteiger partial charge on any atom is 0.119 e. The molecular weight excluding hydrogens is 248 g/mol. The molecule has 1 unspecified atom stereocenters. The van der Waals surface area contributed by atoms with E-state index in [9.17, 15) is 0 Å². The van der Waals surface area contributed by atoms with Crippen molar-refractivity contribution in [2.24, 2.45) is 0 Å². The van der Waals surface area contributed by atoms with E-state index < -0.39 is 0 Å². The van der Waals surface area contributed by atoms with Gasteiger partial charge < -0.3 is 10.1 Å². The second kappa shape index (κ2) is 6.74. The number of hydrogen-bond donors (Lipinski definition) is 1. The zero-order chi connectivity index (χ0) is 14.4. The Morgan fingerprint density at radius 2 is 2.00 bits per heavy atom. The van der Waals surface area contributed by atoms with E-state index in [1.165, 1.54) is 5.56 Å². The fourth-order valence-corrected chi connectivity index (χ4v) is 2.05. The van der Waals surface area contributed by atoms with E-state index in [2.05, 4.69) is 24.4 Å². The molecule has 0 aliphatic carbocycles. The number of benzene rings is 2. The van der Waals surface area contributed by atoms with Crippen LogP contribution in [0.5, 0.6) is 5.75 Å². The zero-order valence-electron chi connectivity index (χ0n) is 11.8. The highest BCUT2D eigenvalue weighted by Gasteiger charge is 2.06. The number of hydrogen-bond acceptors (Lipinski definition) is 3. The summed E-state index contributed by atoms with van der Waals surface area (Å²) < 4.78 is 5.21. The molecule has 3 nitrogen and oxygen atoms in total. The van der Waals surface area contributed by atoms with Gasteiger partial charge in [-0.05, 0) is 42.3 Å². The molecule has 0 heterocycles. The molecule has 1 N–H and O–H groups in total. The summed E-state index contributed by atoms with van der Waals surface area (Å²) in [6.45, 7) is 2.85. The minimum absolute atomic E-state index is 0.189. The summed E-state index contributed by atoms with van der Waals surface area (Å²) in [5.41, 5.74) is 2.98. The van der Waals surface area contributed by atoms with Gasteiger partial charge in [-0.1, -0.05) is 24.3 Å².